The van der Waals surface area contributed by atoms with E-state index >= 15 is 0 Å². The van der Waals surface area contributed by atoms with E-state index in [-0.39, 0.29) is 4.82 Å². The second kappa shape index (κ2) is 5.89. The van der Waals surface area contributed by atoms with Crippen molar-refractivity contribution in [2.24, 2.45) is 0 Å². The van der Waals surface area contributed by atoms with Crippen LogP contribution in [-0.2, 0) is 6.42 Å². The quantitative estimate of drug-likeness (QED) is 0.629. The van der Waals surface area contributed by atoms with E-state index in [1.807, 2.05) is 19.1 Å². The number of rotatable bonds is 4. The number of ether oxygens (including phenoxy) is 1. The highest BCUT2D eigenvalue weighted by molar-refractivity contribution is 9.18. The normalized spacial score (nSPS) is 10.0. The van der Waals surface area contributed by atoms with Gasteiger partial charge in [-0.25, -0.2) is 0 Å². The van der Waals surface area contributed by atoms with Crippen LogP contribution in [0, 0.1) is 6.92 Å². The van der Waals surface area contributed by atoms with Crippen LogP contribution < -0.4 is 4.74 Å². The minimum Gasteiger partial charge on any atom is -0.496 e. The lowest BCUT2D eigenvalue weighted by molar-refractivity contribution is 0.235. The van der Waals surface area contributed by atoms with Gasteiger partial charge in [0.2, 0.25) is 0 Å². The molecule has 0 aliphatic rings. The Kier molecular flexibility index (Phi) is 4.80. The van der Waals surface area contributed by atoms with E-state index in [2.05, 4.69) is 22.0 Å². The third kappa shape index (κ3) is 3.52. The van der Waals surface area contributed by atoms with Gasteiger partial charge >= 0.3 is 0 Å². The lowest BCUT2D eigenvalue weighted by atomic mass is 10.1. The molecular formula is C12H16BrNO2. The first-order chi connectivity index (χ1) is 7.54. The molecule has 1 aromatic rings. The maximum absolute atomic E-state index is 11.0. The maximum Gasteiger partial charge on any atom is 0.289 e. The van der Waals surface area contributed by atoms with Gasteiger partial charge in [-0.15, -0.1) is 0 Å². The summed E-state index contributed by atoms with van der Waals surface area (Å²) in [5.41, 5.74) is 2.33. The Bertz CT molecular complexity index is 379. The van der Waals surface area contributed by atoms with Gasteiger partial charge in [-0.05, 0) is 30.5 Å². The number of amides is 1. The van der Waals surface area contributed by atoms with Crippen molar-refractivity contribution in [2.45, 2.75) is 13.3 Å². The monoisotopic (exact) mass is 285 g/mol. The number of carbonyl (C=O) groups excluding carboxylic acids is 1. The lowest BCUT2D eigenvalue weighted by Crippen LogP contribution is -2.23. The van der Waals surface area contributed by atoms with Gasteiger partial charge in [-0.2, -0.15) is 0 Å². The molecule has 4 heteroatoms. The van der Waals surface area contributed by atoms with Crippen LogP contribution in [-0.4, -0.2) is 30.4 Å². The number of hydrogen-bond acceptors (Lipinski definition) is 2. The van der Waals surface area contributed by atoms with Crippen molar-refractivity contribution < 1.29 is 9.53 Å². The molecule has 0 unspecified atom stereocenters. The molecule has 0 aliphatic carbocycles. The van der Waals surface area contributed by atoms with Gasteiger partial charge < -0.3 is 9.64 Å². The molecule has 0 saturated carbocycles. The third-order valence-electron chi connectivity index (χ3n) is 2.50. The van der Waals surface area contributed by atoms with E-state index in [9.17, 15) is 4.79 Å². The van der Waals surface area contributed by atoms with Crippen molar-refractivity contribution in [2.75, 3.05) is 20.7 Å². The fourth-order valence-corrected chi connectivity index (χ4v) is 1.66. The number of methoxy groups -OCH3 is 1. The predicted octanol–water partition coefficient (Wildman–Crippen LogP) is 2.99. The van der Waals surface area contributed by atoms with E-state index in [1.165, 1.54) is 5.56 Å². The molecule has 0 radical (unpaired) electrons. The fraction of sp³-hybridized carbons (Fsp3) is 0.417. The molecule has 1 aromatic carbocycles. The summed E-state index contributed by atoms with van der Waals surface area (Å²) in [7, 11) is 3.44. The highest BCUT2D eigenvalue weighted by atomic mass is 79.9. The molecule has 88 valence electrons. The zero-order valence-corrected chi connectivity index (χ0v) is 11.4. The van der Waals surface area contributed by atoms with Crippen LogP contribution in [0.4, 0.5) is 4.79 Å². The van der Waals surface area contributed by atoms with Crippen molar-refractivity contribution in [1.82, 2.24) is 4.90 Å². The molecule has 1 amide bonds. The molecule has 16 heavy (non-hydrogen) atoms. The van der Waals surface area contributed by atoms with E-state index in [1.54, 1.807) is 19.1 Å². The van der Waals surface area contributed by atoms with Gasteiger partial charge in [-0.3, -0.25) is 4.79 Å². The SMILES string of the molecule is COc1ccc(CCN(C)C(=O)Br)cc1C. The van der Waals surface area contributed by atoms with Crippen LogP contribution in [0.3, 0.4) is 0 Å². The molecule has 0 atom stereocenters. The molecule has 0 aromatic heterocycles. The second-order valence-electron chi connectivity index (χ2n) is 3.73. The Hall–Kier alpha value is -1.03. The van der Waals surface area contributed by atoms with Gasteiger partial charge in [0.15, 0.2) is 0 Å². The summed E-state index contributed by atoms with van der Waals surface area (Å²) < 4.78 is 5.19. The number of halogens is 1. The topological polar surface area (TPSA) is 29.5 Å². The van der Waals surface area contributed by atoms with Crippen LogP contribution in [0.5, 0.6) is 5.75 Å². The van der Waals surface area contributed by atoms with Crippen LogP contribution in [0.15, 0.2) is 18.2 Å². The standard InChI is InChI=1S/C12H16BrNO2/c1-9-8-10(4-5-11(9)16-3)6-7-14(2)12(13)15/h4-5,8H,6-7H2,1-3H3. The van der Waals surface area contributed by atoms with Gasteiger partial charge in [-0.1, -0.05) is 12.1 Å². The summed E-state index contributed by atoms with van der Waals surface area (Å²) in [5.74, 6) is 0.897. The number of benzene rings is 1. The third-order valence-corrected chi connectivity index (χ3v) is 3.10. The highest BCUT2D eigenvalue weighted by Crippen LogP contribution is 2.18. The van der Waals surface area contributed by atoms with Crippen LogP contribution >= 0.6 is 15.9 Å². The van der Waals surface area contributed by atoms with Crippen molar-refractivity contribution in [3.63, 3.8) is 0 Å². The first-order valence-corrected chi connectivity index (χ1v) is 5.88. The van der Waals surface area contributed by atoms with Crippen LogP contribution in [0.2, 0.25) is 0 Å². The Morgan fingerprint density at radius 3 is 2.69 bits per heavy atom. The molecule has 0 N–H and O–H groups in total. The first-order valence-electron chi connectivity index (χ1n) is 5.08. The van der Waals surface area contributed by atoms with E-state index < -0.39 is 0 Å². The Morgan fingerprint density at radius 2 is 2.19 bits per heavy atom. The van der Waals surface area contributed by atoms with Gasteiger partial charge in [0.25, 0.3) is 4.82 Å². The molecule has 1 rings (SSSR count). The summed E-state index contributed by atoms with van der Waals surface area (Å²) in [6, 6.07) is 6.07. The molecular weight excluding hydrogens is 270 g/mol. The van der Waals surface area contributed by atoms with E-state index in [0.29, 0.717) is 6.54 Å². The van der Waals surface area contributed by atoms with Crippen LogP contribution in [0.25, 0.3) is 0 Å². The summed E-state index contributed by atoms with van der Waals surface area (Å²) >= 11 is 2.92. The average molecular weight is 286 g/mol. The molecule has 0 heterocycles. The number of likely N-dealkylation sites (N-methyl/N-ethyl adjacent to an activating group) is 1. The summed E-state index contributed by atoms with van der Waals surface area (Å²) in [4.78, 5) is 12.5. The van der Waals surface area contributed by atoms with Crippen molar-refractivity contribution in [3.8, 4) is 5.75 Å². The molecule has 0 spiro atoms. The molecule has 0 saturated heterocycles. The van der Waals surface area contributed by atoms with Crippen molar-refractivity contribution in [3.05, 3.63) is 29.3 Å². The Balaban J connectivity index is 2.62. The summed E-state index contributed by atoms with van der Waals surface area (Å²) in [6.45, 7) is 2.72. The molecule has 0 bridgehead atoms. The first kappa shape index (κ1) is 13.0. The van der Waals surface area contributed by atoms with Crippen LogP contribution in [0.1, 0.15) is 11.1 Å². The minimum absolute atomic E-state index is 0.0854. The molecule has 3 nitrogen and oxygen atoms in total. The maximum atomic E-state index is 11.0. The minimum atomic E-state index is -0.0854. The van der Waals surface area contributed by atoms with Crippen molar-refractivity contribution in [1.29, 1.82) is 0 Å². The Morgan fingerprint density at radius 1 is 1.50 bits per heavy atom. The van der Waals surface area contributed by atoms with Gasteiger partial charge in [0, 0.05) is 29.5 Å². The van der Waals surface area contributed by atoms with Gasteiger partial charge in [0.1, 0.15) is 5.75 Å². The van der Waals surface area contributed by atoms with Gasteiger partial charge in [0.05, 0.1) is 7.11 Å². The average Bonchev–Trinajstić information content (AvgIpc) is 2.25. The largest absolute Gasteiger partial charge is 0.496 e. The summed E-state index contributed by atoms with van der Waals surface area (Å²) in [6.07, 6.45) is 0.846. The molecule has 0 aliphatic heterocycles. The number of aryl methyl sites for hydroxylation is 1. The molecule has 0 fully saturated rings. The summed E-state index contributed by atoms with van der Waals surface area (Å²) in [5, 5.41) is 0. The predicted molar refractivity (Wildman–Crippen MR) is 68.4 cm³/mol. The van der Waals surface area contributed by atoms with Crippen molar-refractivity contribution >= 4 is 20.7 Å². The highest BCUT2D eigenvalue weighted by Gasteiger charge is 2.05. The Labute approximate surface area is 105 Å². The number of carbonyl (C=O) groups is 1. The van der Waals surface area contributed by atoms with E-state index in [0.717, 1.165) is 17.7 Å². The zero-order valence-electron chi connectivity index (χ0n) is 9.79. The number of hydrogen-bond donors (Lipinski definition) is 0. The number of nitrogens with zero attached hydrogens (tertiary/aromatic N) is 1. The van der Waals surface area contributed by atoms with E-state index in [4.69, 9.17) is 4.74 Å². The second-order valence-corrected chi connectivity index (χ2v) is 4.41. The zero-order chi connectivity index (χ0) is 12.1. The lowest BCUT2D eigenvalue weighted by Gasteiger charge is -2.14. The smallest absolute Gasteiger partial charge is 0.289 e. The fourth-order valence-electron chi connectivity index (χ4n) is 1.48.